The molecule has 3 amide bonds. The van der Waals surface area contributed by atoms with E-state index >= 15 is 0 Å². The van der Waals surface area contributed by atoms with E-state index in [1.165, 1.54) is 18.0 Å². The van der Waals surface area contributed by atoms with Gasteiger partial charge < -0.3 is 19.4 Å². The summed E-state index contributed by atoms with van der Waals surface area (Å²) in [6.07, 6.45) is -1.80. The Morgan fingerprint density at radius 3 is 2.23 bits per heavy atom. The summed E-state index contributed by atoms with van der Waals surface area (Å²) in [5.74, 6) is -1.51. The van der Waals surface area contributed by atoms with Gasteiger partial charge in [0, 0.05) is 56.0 Å². The maximum absolute atomic E-state index is 13.8. The van der Waals surface area contributed by atoms with Crippen molar-refractivity contribution in [2.45, 2.75) is 50.7 Å². The summed E-state index contributed by atoms with van der Waals surface area (Å²) in [6, 6.07) is 7.82. The Hall–Kier alpha value is -2.98. The molecule has 5 rings (SSSR count). The molecule has 3 aliphatic rings. The number of hydrogen-bond donors (Lipinski definition) is 0. The Kier molecular flexibility index (Phi) is 8.66. The van der Waals surface area contributed by atoms with Gasteiger partial charge in [-0.3, -0.25) is 14.4 Å². The second kappa shape index (κ2) is 11.8. The van der Waals surface area contributed by atoms with Crippen LogP contribution in [0.15, 0.2) is 36.4 Å². The molecule has 0 spiro atoms. The van der Waals surface area contributed by atoms with Crippen LogP contribution in [0.5, 0.6) is 5.75 Å². The molecule has 0 radical (unpaired) electrons. The summed E-state index contributed by atoms with van der Waals surface area (Å²) in [4.78, 5) is 45.1. The predicted molar refractivity (Wildman–Crippen MR) is 156 cm³/mol. The van der Waals surface area contributed by atoms with E-state index in [2.05, 4.69) is 0 Å². The molecule has 3 fully saturated rings. The van der Waals surface area contributed by atoms with Crippen LogP contribution in [0.25, 0.3) is 0 Å². The first kappa shape index (κ1) is 31.4. The minimum absolute atomic E-state index is 0.0538. The number of carbonyl (C=O) groups excluding carboxylic acids is 3. The highest BCUT2D eigenvalue weighted by Crippen LogP contribution is 2.47. The van der Waals surface area contributed by atoms with Crippen molar-refractivity contribution >= 4 is 40.9 Å². The minimum atomic E-state index is -4.71. The molecule has 2 unspecified atom stereocenters. The van der Waals surface area contributed by atoms with Gasteiger partial charge in [0.15, 0.2) is 0 Å². The Morgan fingerprint density at radius 1 is 0.977 bits per heavy atom. The van der Waals surface area contributed by atoms with Gasteiger partial charge >= 0.3 is 6.18 Å². The lowest BCUT2D eigenvalue weighted by atomic mass is 9.92. The fraction of sp³-hybridized carbons (Fsp3) is 0.516. The number of hydrogen-bond acceptors (Lipinski definition) is 4. The largest absolute Gasteiger partial charge is 0.496 e. The van der Waals surface area contributed by atoms with E-state index in [4.69, 9.17) is 27.9 Å². The summed E-state index contributed by atoms with van der Waals surface area (Å²) in [6.45, 7) is 3.53. The number of methoxy groups -OCH3 is 1. The quantitative estimate of drug-likeness (QED) is 0.382. The standard InChI is InChI=1S/C31H34Cl2F3N3O4/c1-30(10-11-30)29(42)38-12-8-18(9-13-38)28(41)39-16-21(19-4-6-23(32)24(33)15-19)25(17-39)37(2)27(40)20-5-7-26(43-3)22(14-20)31(34,35)36/h4-7,14-15,18,21,25H,8-13,16-17H2,1-3H3. The van der Waals surface area contributed by atoms with Gasteiger partial charge in [0.05, 0.1) is 28.8 Å². The monoisotopic (exact) mass is 639 g/mol. The third kappa shape index (κ3) is 6.32. The van der Waals surface area contributed by atoms with Crippen molar-refractivity contribution in [1.29, 1.82) is 0 Å². The zero-order valence-corrected chi connectivity index (χ0v) is 25.7. The predicted octanol–water partition coefficient (Wildman–Crippen LogP) is 6.13. The molecule has 12 heteroatoms. The van der Waals surface area contributed by atoms with Crippen LogP contribution in [0.1, 0.15) is 60.0 Å². The maximum atomic E-state index is 13.8. The minimum Gasteiger partial charge on any atom is -0.496 e. The number of likely N-dealkylation sites (tertiary alicyclic amines) is 2. The highest BCUT2D eigenvalue weighted by molar-refractivity contribution is 6.42. The van der Waals surface area contributed by atoms with E-state index < -0.39 is 23.7 Å². The topological polar surface area (TPSA) is 70.2 Å². The van der Waals surface area contributed by atoms with Gasteiger partial charge in [-0.05, 0) is 61.6 Å². The lowest BCUT2D eigenvalue weighted by Crippen LogP contribution is -2.46. The van der Waals surface area contributed by atoms with Crippen LogP contribution >= 0.6 is 23.2 Å². The number of piperidine rings is 1. The van der Waals surface area contributed by atoms with E-state index in [1.54, 1.807) is 23.1 Å². The van der Waals surface area contributed by atoms with Crippen LogP contribution in [0, 0.1) is 11.3 Å². The highest BCUT2D eigenvalue weighted by Gasteiger charge is 2.48. The number of rotatable bonds is 6. The van der Waals surface area contributed by atoms with Crippen LogP contribution in [0.4, 0.5) is 13.2 Å². The Balaban J connectivity index is 1.37. The van der Waals surface area contributed by atoms with Crippen LogP contribution in [0.2, 0.25) is 10.0 Å². The molecule has 1 saturated carbocycles. The van der Waals surface area contributed by atoms with Gasteiger partial charge in [-0.15, -0.1) is 0 Å². The third-order valence-corrected chi connectivity index (χ3v) is 9.93. The van der Waals surface area contributed by atoms with Gasteiger partial charge in [0.25, 0.3) is 5.91 Å². The fourth-order valence-corrected chi connectivity index (χ4v) is 6.52. The lowest BCUT2D eigenvalue weighted by molar-refractivity contribution is -0.142. The van der Waals surface area contributed by atoms with E-state index in [9.17, 15) is 27.6 Å². The molecule has 2 heterocycles. The number of halogens is 5. The van der Waals surface area contributed by atoms with Crippen molar-refractivity contribution < 1.29 is 32.3 Å². The van der Waals surface area contributed by atoms with E-state index in [-0.39, 0.29) is 46.9 Å². The molecule has 2 atom stereocenters. The average molecular weight is 641 g/mol. The van der Waals surface area contributed by atoms with Gasteiger partial charge in [0.2, 0.25) is 11.8 Å². The van der Waals surface area contributed by atoms with Crippen LogP contribution in [-0.2, 0) is 15.8 Å². The molecular formula is C31H34Cl2F3N3O4. The molecule has 0 aromatic heterocycles. The Bertz CT molecular complexity index is 1420. The van der Waals surface area contributed by atoms with Crippen molar-refractivity contribution in [1.82, 2.24) is 14.7 Å². The van der Waals surface area contributed by atoms with Crippen molar-refractivity contribution in [3.8, 4) is 5.75 Å². The molecule has 2 aromatic carbocycles. The molecule has 232 valence electrons. The molecule has 2 aromatic rings. The second-order valence-corrected chi connectivity index (χ2v) is 12.9. The lowest BCUT2D eigenvalue weighted by Gasteiger charge is -2.34. The molecular weight excluding hydrogens is 606 g/mol. The zero-order valence-electron chi connectivity index (χ0n) is 24.2. The van der Waals surface area contributed by atoms with Crippen molar-refractivity contribution in [2.24, 2.45) is 11.3 Å². The first-order valence-corrected chi connectivity index (χ1v) is 15.0. The SMILES string of the molecule is COc1ccc(C(=O)N(C)C2CN(C(=O)C3CCN(C(=O)C4(C)CC4)CC3)CC2c2ccc(Cl)c(Cl)c2)cc1C(F)(F)F. The van der Waals surface area contributed by atoms with Gasteiger partial charge in [-0.25, -0.2) is 0 Å². The maximum Gasteiger partial charge on any atom is 0.419 e. The number of benzene rings is 2. The summed E-state index contributed by atoms with van der Waals surface area (Å²) < 4.78 is 45.9. The summed E-state index contributed by atoms with van der Waals surface area (Å²) in [7, 11) is 2.67. The molecule has 2 saturated heterocycles. The Labute approximate surface area is 258 Å². The summed E-state index contributed by atoms with van der Waals surface area (Å²) in [5, 5.41) is 0.680. The molecule has 0 N–H and O–H groups in total. The number of alkyl halides is 3. The fourth-order valence-electron chi connectivity index (χ4n) is 6.22. The number of ether oxygens (including phenoxy) is 1. The van der Waals surface area contributed by atoms with E-state index in [1.807, 2.05) is 11.8 Å². The first-order valence-electron chi connectivity index (χ1n) is 14.3. The molecule has 7 nitrogen and oxygen atoms in total. The molecule has 1 aliphatic carbocycles. The molecule has 0 bridgehead atoms. The van der Waals surface area contributed by atoms with Crippen LogP contribution in [-0.4, -0.2) is 78.8 Å². The summed E-state index contributed by atoms with van der Waals surface area (Å²) >= 11 is 12.5. The van der Waals surface area contributed by atoms with Crippen molar-refractivity contribution in [2.75, 3.05) is 40.3 Å². The smallest absolute Gasteiger partial charge is 0.419 e. The van der Waals surface area contributed by atoms with Gasteiger partial charge in [-0.2, -0.15) is 13.2 Å². The highest BCUT2D eigenvalue weighted by atomic mass is 35.5. The summed E-state index contributed by atoms with van der Waals surface area (Å²) in [5.41, 5.74) is -0.680. The molecule has 2 aliphatic heterocycles. The zero-order chi connectivity index (χ0) is 31.3. The second-order valence-electron chi connectivity index (χ2n) is 12.0. The van der Waals surface area contributed by atoms with Crippen LogP contribution in [0.3, 0.4) is 0 Å². The first-order chi connectivity index (χ1) is 20.2. The average Bonchev–Trinajstić information content (AvgIpc) is 3.59. The van der Waals surface area contributed by atoms with Crippen molar-refractivity contribution in [3.05, 3.63) is 63.1 Å². The van der Waals surface area contributed by atoms with Crippen molar-refractivity contribution in [3.63, 3.8) is 0 Å². The number of amides is 3. The third-order valence-electron chi connectivity index (χ3n) is 9.19. The normalized spacial score (nSPS) is 22.0. The van der Waals surface area contributed by atoms with E-state index in [0.717, 1.165) is 37.6 Å². The number of likely N-dealkylation sites (N-methyl/N-ethyl adjacent to an activating group) is 1. The molecule has 43 heavy (non-hydrogen) atoms. The van der Waals surface area contributed by atoms with Crippen LogP contribution < -0.4 is 4.74 Å². The van der Waals surface area contributed by atoms with Gasteiger partial charge in [-0.1, -0.05) is 36.2 Å². The van der Waals surface area contributed by atoms with E-state index in [0.29, 0.717) is 42.5 Å². The van der Waals surface area contributed by atoms with Gasteiger partial charge in [0.1, 0.15) is 5.75 Å². The number of nitrogens with zero attached hydrogens (tertiary/aromatic N) is 3. The Morgan fingerprint density at radius 2 is 1.65 bits per heavy atom. The number of carbonyl (C=O) groups is 3.